The van der Waals surface area contributed by atoms with Gasteiger partial charge >= 0.3 is 0 Å². The normalized spacial score (nSPS) is 24.8. The van der Waals surface area contributed by atoms with E-state index in [0.29, 0.717) is 0 Å². The molecule has 0 aromatic heterocycles. The summed E-state index contributed by atoms with van der Waals surface area (Å²) in [6.07, 6.45) is 7.14. The minimum atomic E-state index is 0.0282. The molecule has 0 saturated carbocycles. The lowest BCUT2D eigenvalue weighted by Gasteiger charge is -2.31. The Balaban J connectivity index is 2.00. The van der Waals surface area contributed by atoms with Crippen LogP contribution in [0.15, 0.2) is 59.9 Å². The van der Waals surface area contributed by atoms with Crippen LogP contribution in [-0.2, 0) is 9.53 Å². The van der Waals surface area contributed by atoms with Gasteiger partial charge in [0.15, 0.2) is 5.78 Å². The molecule has 1 aromatic carbocycles. The molecule has 2 nitrogen and oxygen atoms in total. The first-order valence-corrected chi connectivity index (χ1v) is 6.99. The summed E-state index contributed by atoms with van der Waals surface area (Å²) in [6.45, 7) is 3.52. The zero-order chi connectivity index (χ0) is 14.1. The SMILES string of the molecule is CC(=O)C1=C(C)O[C@H]2C[C@@H]1C=CC=C2c1ccccc1. The largest absolute Gasteiger partial charge is 0.490 e. The predicted octanol–water partition coefficient (Wildman–Crippen LogP) is 3.91. The third kappa shape index (κ3) is 2.22. The van der Waals surface area contributed by atoms with Crippen molar-refractivity contribution in [2.45, 2.75) is 26.4 Å². The van der Waals surface area contributed by atoms with Crippen LogP contribution in [0.4, 0.5) is 0 Å². The van der Waals surface area contributed by atoms with Gasteiger partial charge in [0.1, 0.15) is 11.9 Å². The van der Waals surface area contributed by atoms with E-state index in [2.05, 4.69) is 30.4 Å². The molecule has 0 spiro atoms. The van der Waals surface area contributed by atoms with Gasteiger partial charge in [-0.3, -0.25) is 4.79 Å². The maximum absolute atomic E-state index is 11.8. The fourth-order valence-electron chi connectivity index (χ4n) is 3.12. The second-order valence-corrected chi connectivity index (χ2v) is 5.35. The molecule has 1 aliphatic carbocycles. The van der Waals surface area contributed by atoms with E-state index in [1.807, 2.05) is 25.1 Å². The molecule has 2 atom stereocenters. The highest BCUT2D eigenvalue weighted by atomic mass is 16.5. The van der Waals surface area contributed by atoms with Gasteiger partial charge in [-0.2, -0.15) is 0 Å². The summed E-state index contributed by atoms with van der Waals surface area (Å²) in [5.74, 6) is 1.05. The van der Waals surface area contributed by atoms with E-state index < -0.39 is 0 Å². The van der Waals surface area contributed by atoms with Crippen LogP contribution in [0.3, 0.4) is 0 Å². The number of carbonyl (C=O) groups excluding carboxylic acids is 1. The summed E-state index contributed by atoms with van der Waals surface area (Å²) >= 11 is 0. The van der Waals surface area contributed by atoms with E-state index in [0.717, 1.165) is 17.8 Å². The maximum Gasteiger partial charge on any atom is 0.159 e. The average molecular weight is 266 g/mol. The van der Waals surface area contributed by atoms with E-state index in [-0.39, 0.29) is 17.8 Å². The summed E-state index contributed by atoms with van der Waals surface area (Å²) in [6, 6.07) is 10.3. The van der Waals surface area contributed by atoms with Crippen LogP contribution >= 0.6 is 0 Å². The molecule has 0 fully saturated rings. The lowest BCUT2D eigenvalue weighted by molar-refractivity contribution is -0.114. The molecule has 1 heterocycles. The van der Waals surface area contributed by atoms with Crippen LogP contribution in [0.5, 0.6) is 0 Å². The van der Waals surface area contributed by atoms with Gasteiger partial charge in [-0.25, -0.2) is 0 Å². The fourth-order valence-corrected chi connectivity index (χ4v) is 3.12. The number of benzene rings is 1. The van der Waals surface area contributed by atoms with Crippen LogP contribution in [0.1, 0.15) is 25.8 Å². The van der Waals surface area contributed by atoms with Gasteiger partial charge in [0.2, 0.25) is 0 Å². The number of hydrogen-bond donors (Lipinski definition) is 0. The average Bonchev–Trinajstić information content (AvgIpc) is 2.59. The van der Waals surface area contributed by atoms with Crippen molar-refractivity contribution in [3.8, 4) is 0 Å². The molecule has 2 bridgehead atoms. The number of ether oxygens (including phenoxy) is 1. The minimum Gasteiger partial charge on any atom is -0.490 e. The molecule has 0 saturated heterocycles. The van der Waals surface area contributed by atoms with E-state index in [1.165, 1.54) is 11.1 Å². The van der Waals surface area contributed by atoms with Gasteiger partial charge in [-0.15, -0.1) is 0 Å². The second-order valence-electron chi connectivity index (χ2n) is 5.35. The first-order chi connectivity index (χ1) is 9.66. The van der Waals surface area contributed by atoms with Gasteiger partial charge in [0.05, 0.1) is 0 Å². The molecule has 3 rings (SSSR count). The monoisotopic (exact) mass is 266 g/mol. The van der Waals surface area contributed by atoms with Gasteiger partial charge in [-0.1, -0.05) is 48.6 Å². The lowest BCUT2D eigenvalue weighted by atomic mass is 9.85. The first kappa shape index (κ1) is 12.9. The van der Waals surface area contributed by atoms with Gasteiger partial charge < -0.3 is 4.74 Å². The number of Topliss-reactive ketones (excluding diaryl/α,β-unsaturated/α-hetero) is 1. The first-order valence-electron chi connectivity index (χ1n) is 6.99. The highest BCUT2D eigenvalue weighted by molar-refractivity contribution is 5.95. The van der Waals surface area contributed by atoms with Crippen molar-refractivity contribution in [3.63, 3.8) is 0 Å². The number of rotatable bonds is 2. The third-order valence-electron chi connectivity index (χ3n) is 3.99. The molecule has 1 aliphatic heterocycles. The number of hydrogen-bond acceptors (Lipinski definition) is 2. The summed E-state index contributed by atoms with van der Waals surface area (Å²) in [7, 11) is 0. The molecule has 2 aliphatic rings. The lowest BCUT2D eigenvalue weighted by Crippen LogP contribution is -2.27. The molecule has 2 heteroatoms. The Morgan fingerprint density at radius 1 is 1.25 bits per heavy atom. The Bertz CT molecular complexity index is 620. The number of carbonyl (C=O) groups is 1. The molecule has 0 unspecified atom stereocenters. The van der Waals surface area contributed by atoms with Gasteiger partial charge in [0.25, 0.3) is 0 Å². The van der Waals surface area contributed by atoms with Crippen molar-refractivity contribution in [1.29, 1.82) is 0 Å². The summed E-state index contributed by atoms with van der Waals surface area (Å²) in [4.78, 5) is 11.8. The fraction of sp³-hybridized carbons (Fsp3) is 0.278. The van der Waals surface area contributed by atoms with Crippen molar-refractivity contribution in [2.75, 3.05) is 0 Å². The van der Waals surface area contributed by atoms with Crippen molar-refractivity contribution < 1.29 is 9.53 Å². The molecule has 20 heavy (non-hydrogen) atoms. The summed E-state index contributed by atoms with van der Waals surface area (Å²) in [5.41, 5.74) is 3.19. The van der Waals surface area contributed by atoms with E-state index in [9.17, 15) is 4.79 Å². The molecular weight excluding hydrogens is 248 g/mol. The van der Waals surface area contributed by atoms with Crippen LogP contribution in [0, 0.1) is 5.92 Å². The molecule has 0 N–H and O–H groups in total. The molecule has 0 radical (unpaired) electrons. The summed E-state index contributed by atoms with van der Waals surface area (Å²) in [5, 5.41) is 0. The summed E-state index contributed by atoms with van der Waals surface area (Å²) < 4.78 is 6.03. The van der Waals surface area contributed by atoms with E-state index in [4.69, 9.17) is 4.74 Å². The Labute approximate surface area is 119 Å². The van der Waals surface area contributed by atoms with Crippen molar-refractivity contribution in [2.24, 2.45) is 5.92 Å². The maximum atomic E-state index is 11.8. The smallest absolute Gasteiger partial charge is 0.159 e. The van der Waals surface area contributed by atoms with Crippen molar-refractivity contribution in [1.82, 2.24) is 0 Å². The Kier molecular flexibility index (Phi) is 3.31. The van der Waals surface area contributed by atoms with E-state index in [1.54, 1.807) is 6.92 Å². The molecule has 1 aromatic rings. The Hall–Kier alpha value is -2.09. The van der Waals surface area contributed by atoms with Crippen molar-refractivity contribution in [3.05, 3.63) is 65.5 Å². The van der Waals surface area contributed by atoms with Crippen LogP contribution in [0.25, 0.3) is 5.57 Å². The standard InChI is InChI=1S/C18H18O2/c1-12(19)18-13(2)20-17-11-15(18)9-6-10-16(17)14-7-4-3-5-8-14/h3-10,15,17H,11H2,1-2H3/t15-,17-/m0/s1. The minimum absolute atomic E-state index is 0.0282. The number of allylic oxidation sites excluding steroid dienone is 5. The van der Waals surface area contributed by atoms with Crippen LogP contribution in [-0.4, -0.2) is 11.9 Å². The third-order valence-corrected chi connectivity index (χ3v) is 3.99. The highest BCUT2D eigenvalue weighted by Gasteiger charge is 2.32. The molecule has 102 valence electrons. The topological polar surface area (TPSA) is 26.3 Å². The van der Waals surface area contributed by atoms with Crippen LogP contribution < -0.4 is 0 Å². The zero-order valence-corrected chi connectivity index (χ0v) is 11.8. The number of fused-ring (bicyclic) bond motifs is 2. The quantitative estimate of drug-likeness (QED) is 0.811. The highest BCUT2D eigenvalue weighted by Crippen LogP contribution is 2.38. The van der Waals surface area contributed by atoms with E-state index >= 15 is 0 Å². The van der Waals surface area contributed by atoms with Gasteiger partial charge in [0, 0.05) is 11.5 Å². The van der Waals surface area contributed by atoms with Gasteiger partial charge in [-0.05, 0) is 31.4 Å². The Morgan fingerprint density at radius 2 is 2.00 bits per heavy atom. The number of ketones is 1. The predicted molar refractivity (Wildman–Crippen MR) is 79.9 cm³/mol. The molecule has 0 amide bonds. The second kappa shape index (κ2) is 5.12. The zero-order valence-electron chi connectivity index (χ0n) is 11.8. The molecular formula is C18H18O2. The van der Waals surface area contributed by atoms with Crippen molar-refractivity contribution >= 4 is 11.4 Å². The Morgan fingerprint density at radius 3 is 2.70 bits per heavy atom. The van der Waals surface area contributed by atoms with Crippen LogP contribution in [0.2, 0.25) is 0 Å².